The van der Waals surface area contributed by atoms with Crippen LogP contribution in [0.2, 0.25) is 0 Å². The Bertz CT molecular complexity index is 396. The third-order valence-electron chi connectivity index (χ3n) is 2.88. The molecule has 8 nitrogen and oxygen atoms in total. The standard InChI is InChI=1S/C13H19FO8/c1-6(15)19-10-9(5-14)22-13(18-4)12(21-8(3)17)11(10)20-7(2)16/h9-13H,5H2,1-4H3/t9-,10-,11+,12-,13-/m0/s1. The van der Waals surface area contributed by atoms with Gasteiger partial charge >= 0.3 is 17.9 Å². The predicted molar refractivity (Wildman–Crippen MR) is 68.3 cm³/mol. The van der Waals surface area contributed by atoms with Crippen molar-refractivity contribution in [1.82, 2.24) is 0 Å². The van der Waals surface area contributed by atoms with E-state index in [-0.39, 0.29) is 0 Å². The molecular weight excluding hydrogens is 303 g/mol. The molecule has 5 atom stereocenters. The summed E-state index contributed by atoms with van der Waals surface area (Å²) in [4.78, 5) is 33.7. The zero-order chi connectivity index (χ0) is 16.9. The largest absolute Gasteiger partial charge is 0.456 e. The number of alkyl halides is 1. The van der Waals surface area contributed by atoms with Crippen LogP contribution >= 0.6 is 0 Å². The molecule has 0 saturated carbocycles. The number of rotatable bonds is 5. The Morgan fingerprint density at radius 2 is 1.36 bits per heavy atom. The predicted octanol–water partition coefficient (Wildman–Crippen LogP) is 0.122. The van der Waals surface area contributed by atoms with Crippen molar-refractivity contribution in [1.29, 1.82) is 0 Å². The van der Waals surface area contributed by atoms with Crippen LogP contribution in [0.1, 0.15) is 20.8 Å². The molecule has 0 radical (unpaired) electrons. The van der Waals surface area contributed by atoms with Crippen LogP contribution in [0.15, 0.2) is 0 Å². The van der Waals surface area contributed by atoms with E-state index in [9.17, 15) is 18.8 Å². The first-order valence-electron chi connectivity index (χ1n) is 6.56. The van der Waals surface area contributed by atoms with Crippen LogP contribution in [-0.4, -0.2) is 62.4 Å². The molecule has 0 aromatic carbocycles. The molecule has 0 aromatic heterocycles. The topological polar surface area (TPSA) is 97.4 Å². The Balaban J connectivity index is 3.14. The summed E-state index contributed by atoms with van der Waals surface area (Å²) in [6, 6.07) is 0. The van der Waals surface area contributed by atoms with E-state index >= 15 is 0 Å². The number of esters is 3. The van der Waals surface area contributed by atoms with Crippen molar-refractivity contribution >= 4 is 17.9 Å². The highest BCUT2D eigenvalue weighted by Crippen LogP contribution is 2.29. The molecule has 1 heterocycles. The van der Waals surface area contributed by atoms with Crippen molar-refractivity contribution in [3.8, 4) is 0 Å². The van der Waals surface area contributed by atoms with Gasteiger partial charge in [0.1, 0.15) is 12.8 Å². The Labute approximate surface area is 126 Å². The van der Waals surface area contributed by atoms with E-state index in [0.29, 0.717) is 0 Å². The number of hydrogen-bond acceptors (Lipinski definition) is 8. The van der Waals surface area contributed by atoms with E-state index in [1.807, 2.05) is 0 Å². The van der Waals surface area contributed by atoms with Gasteiger partial charge < -0.3 is 23.7 Å². The third-order valence-corrected chi connectivity index (χ3v) is 2.88. The summed E-state index contributed by atoms with van der Waals surface area (Å²) in [6.45, 7) is 2.36. The van der Waals surface area contributed by atoms with Crippen LogP contribution in [-0.2, 0) is 38.1 Å². The van der Waals surface area contributed by atoms with Gasteiger partial charge in [-0.2, -0.15) is 0 Å². The zero-order valence-corrected chi connectivity index (χ0v) is 12.7. The fourth-order valence-electron chi connectivity index (χ4n) is 2.17. The summed E-state index contributed by atoms with van der Waals surface area (Å²) < 4.78 is 38.5. The SMILES string of the molecule is CO[C@H]1O[C@@H](CF)[C@H](OC(C)=O)[C@@H](OC(C)=O)[C@@H]1OC(C)=O. The van der Waals surface area contributed by atoms with Gasteiger partial charge in [-0.25, -0.2) is 4.39 Å². The number of carbonyl (C=O) groups is 3. The molecule has 1 aliphatic heterocycles. The van der Waals surface area contributed by atoms with E-state index in [2.05, 4.69) is 0 Å². The number of methoxy groups -OCH3 is 1. The third kappa shape index (κ3) is 4.63. The molecule has 0 amide bonds. The van der Waals surface area contributed by atoms with Gasteiger partial charge in [0.2, 0.25) is 0 Å². The Morgan fingerprint density at radius 3 is 1.77 bits per heavy atom. The second-order valence-electron chi connectivity index (χ2n) is 4.66. The van der Waals surface area contributed by atoms with Crippen LogP contribution in [0.25, 0.3) is 0 Å². The summed E-state index contributed by atoms with van der Waals surface area (Å²) in [5.74, 6) is -2.12. The second-order valence-corrected chi connectivity index (χ2v) is 4.66. The number of halogens is 1. The first-order valence-corrected chi connectivity index (χ1v) is 6.56. The highest BCUT2D eigenvalue weighted by Gasteiger charge is 2.52. The lowest BCUT2D eigenvalue weighted by Gasteiger charge is -2.43. The van der Waals surface area contributed by atoms with Crippen molar-refractivity contribution in [3.63, 3.8) is 0 Å². The molecule has 126 valence electrons. The van der Waals surface area contributed by atoms with Crippen LogP contribution < -0.4 is 0 Å². The maximum atomic E-state index is 13.2. The summed E-state index contributed by atoms with van der Waals surface area (Å²) in [6.07, 6.45) is -6.09. The van der Waals surface area contributed by atoms with Crippen LogP contribution in [0.4, 0.5) is 4.39 Å². The van der Waals surface area contributed by atoms with Crippen molar-refractivity contribution in [3.05, 3.63) is 0 Å². The molecule has 0 unspecified atom stereocenters. The van der Waals surface area contributed by atoms with Gasteiger partial charge in [0.15, 0.2) is 24.6 Å². The Morgan fingerprint density at radius 1 is 0.909 bits per heavy atom. The van der Waals surface area contributed by atoms with E-state index in [1.54, 1.807) is 0 Å². The van der Waals surface area contributed by atoms with Crippen LogP contribution in [0.3, 0.4) is 0 Å². The minimum atomic E-state index is -1.26. The minimum absolute atomic E-state index is 0.687. The van der Waals surface area contributed by atoms with Crippen molar-refractivity contribution < 1.29 is 42.5 Å². The molecule has 1 saturated heterocycles. The summed E-state index contributed by atoms with van der Waals surface area (Å²) >= 11 is 0. The van der Waals surface area contributed by atoms with Gasteiger partial charge in [0, 0.05) is 27.9 Å². The van der Waals surface area contributed by atoms with Gasteiger partial charge in [0.05, 0.1) is 0 Å². The van der Waals surface area contributed by atoms with Crippen molar-refractivity contribution in [2.24, 2.45) is 0 Å². The zero-order valence-electron chi connectivity index (χ0n) is 12.7. The molecule has 0 aliphatic carbocycles. The molecule has 0 bridgehead atoms. The lowest BCUT2D eigenvalue weighted by molar-refractivity contribution is -0.299. The van der Waals surface area contributed by atoms with Crippen LogP contribution in [0, 0.1) is 0 Å². The first-order chi connectivity index (χ1) is 10.3. The smallest absolute Gasteiger partial charge is 0.303 e. The number of hydrogen-bond donors (Lipinski definition) is 0. The van der Waals surface area contributed by atoms with Crippen molar-refractivity contribution in [2.45, 2.75) is 51.5 Å². The molecule has 1 fully saturated rings. The molecule has 9 heteroatoms. The maximum absolute atomic E-state index is 13.2. The fraction of sp³-hybridized carbons (Fsp3) is 0.769. The lowest BCUT2D eigenvalue weighted by Crippen LogP contribution is -2.62. The second kappa shape index (κ2) is 8.04. The molecule has 1 rings (SSSR count). The highest BCUT2D eigenvalue weighted by atomic mass is 19.1. The van der Waals surface area contributed by atoms with E-state index in [4.69, 9.17) is 23.7 Å². The first kappa shape index (κ1) is 18.3. The molecule has 0 aromatic rings. The minimum Gasteiger partial charge on any atom is -0.456 e. The quantitative estimate of drug-likeness (QED) is 0.520. The molecule has 0 N–H and O–H groups in total. The average molecular weight is 322 g/mol. The normalized spacial score (nSPS) is 31.2. The van der Waals surface area contributed by atoms with Gasteiger partial charge in [-0.3, -0.25) is 14.4 Å². The highest BCUT2D eigenvalue weighted by molar-refractivity contribution is 5.68. The summed E-state index contributed by atoms with van der Waals surface area (Å²) in [5.41, 5.74) is 0. The number of ether oxygens (including phenoxy) is 5. The molecule has 1 aliphatic rings. The van der Waals surface area contributed by atoms with Crippen molar-refractivity contribution in [2.75, 3.05) is 13.8 Å². The van der Waals surface area contributed by atoms with E-state index < -0.39 is 55.3 Å². The van der Waals surface area contributed by atoms with Gasteiger partial charge in [-0.1, -0.05) is 0 Å². The van der Waals surface area contributed by atoms with Gasteiger partial charge in [-0.15, -0.1) is 0 Å². The monoisotopic (exact) mass is 322 g/mol. The van der Waals surface area contributed by atoms with Gasteiger partial charge in [0.25, 0.3) is 0 Å². The van der Waals surface area contributed by atoms with E-state index in [1.165, 1.54) is 7.11 Å². The summed E-state index contributed by atoms with van der Waals surface area (Å²) in [7, 11) is 1.26. The lowest BCUT2D eigenvalue weighted by atomic mass is 9.98. The molecule has 0 spiro atoms. The van der Waals surface area contributed by atoms with Crippen LogP contribution in [0.5, 0.6) is 0 Å². The Kier molecular flexibility index (Phi) is 6.69. The van der Waals surface area contributed by atoms with Gasteiger partial charge in [-0.05, 0) is 0 Å². The molecule has 22 heavy (non-hydrogen) atoms. The number of carbonyl (C=O) groups excluding carboxylic acids is 3. The fourth-order valence-corrected chi connectivity index (χ4v) is 2.17. The van der Waals surface area contributed by atoms with E-state index in [0.717, 1.165) is 20.8 Å². The summed E-state index contributed by atoms with van der Waals surface area (Å²) in [5, 5.41) is 0. The molecular formula is C13H19FO8. The Hall–Kier alpha value is -1.74. The maximum Gasteiger partial charge on any atom is 0.303 e. The average Bonchev–Trinajstić information content (AvgIpc) is 2.41.